The number of likely N-dealkylation sites (tertiary alicyclic amines) is 1. The van der Waals surface area contributed by atoms with Crippen LogP contribution in [-0.2, 0) is 4.74 Å². The van der Waals surface area contributed by atoms with E-state index in [0.29, 0.717) is 18.2 Å². The molecule has 0 saturated carbocycles. The second kappa shape index (κ2) is 12.6. The minimum absolute atomic E-state index is 0.0926. The molecule has 0 aliphatic carbocycles. The summed E-state index contributed by atoms with van der Waals surface area (Å²) in [6.45, 7) is 10.4. The van der Waals surface area contributed by atoms with Crippen molar-refractivity contribution in [2.45, 2.75) is 32.8 Å². The van der Waals surface area contributed by atoms with Gasteiger partial charge in [-0.15, -0.1) is 0 Å². The molecule has 2 rings (SSSR count). The first-order valence-electron chi connectivity index (χ1n) is 10.3. The highest BCUT2D eigenvalue weighted by Crippen LogP contribution is 2.16. The summed E-state index contributed by atoms with van der Waals surface area (Å²) in [5.74, 6) is 1.87. The van der Waals surface area contributed by atoms with Gasteiger partial charge in [0.15, 0.2) is 5.96 Å². The number of halogens is 1. The summed E-state index contributed by atoms with van der Waals surface area (Å²) in [4.78, 5) is 7.10. The molecule has 0 amide bonds. The van der Waals surface area contributed by atoms with E-state index < -0.39 is 0 Å². The first-order valence-corrected chi connectivity index (χ1v) is 10.3. The Labute approximate surface area is 168 Å². The number of hydrogen-bond donors (Lipinski definition) is 2. The minimum atomic E-state index is -0.263. The normalized spacial score (nSPS) is 17.4. The van der Waals surface area contributed by atoms with Crippen LogP contribution < -0.4 is 15.4 Å². The lowest BCUT2D eigenvalue weighted by atomic mass is 9.97. The van der Waals surface area contributed by atoms with E-state index in [0.717, 1.165) is 45.3 Å². The fourth-order valence-corrected chi connectivity index (χ4v) is 3.22. The number of guanidine groups is 1. The summed E-state index contributed by atoms with van der Waals surface area (Å²) in [6.07, 6.45) is 2.30. The molecule has 158 valence electrons. The predicted octanol–water partition coefficient (Wildman–Crippen LogP) is 2.51. The van der Waals surface area contributed by atoms with Crippen molar-refractivity contribution in [2.24, 2.45) is 10.9 Å². The number of hydrogen-bond acceptors (Lipinski definition) is 4. The predicted molar refractivity (Wildman–Crippen MR) is 112 cm³/mol. The van der Waals surface area contributed by atoms with E-state index in [2.05, 4.69) is 27.4 Å². The van der Waals surface area contributed by atoms with Gasteiger partial charge in [0.25, 0.3) is 0 Å². The minimum Gasteiger partial charge on any atom is -0.489 e. The van der Waals surface area contributed by atoms with Crippen LogP contribution in [-0.4, -0.2) is 69.9 Å². The van der Waals surface area contributed by atoms with Gasteiger partial charge in [-0.2, -0.15) is 0 Å². The Kier molecular flexibility index (Phi) is 10.1. The summed E-state index contributed by atoms with van der Waals surface area (Å²) >= 11 is 0. The van der Waals surface area contributed by atoms with Crippen LogP contribution in [0.2, 0.25) is 0 Å². The van der Waals surface area contributed by atoms with Crippen LogP contribution in [0.1, 0.15) is 26.7 Å². The lowest BCUT2D eigenvalue weighted by Crippen LogP contribution is -2.43. The number of methoxy groups -OCH3 is 1. The van der Waals surface area contributed by atoms with E-state index in [-0.39, 0.29) is 11.9 Å². The molecule has 0 spiro atoms. The Morgan fingerprint density at radius 3 is 2.61 bits per heavy atom. The molecule has 6 nitrogen and oxygen atoms in total. The molecule has 1 aliphatic heterocycles. The zero-order valence-corrected chi connectivity index (χ0v) is 17.4. The monoisotopic (exact) mass is 394 g/mol. The molecule has 0 aromatic heterocycles. The molecule has 1 aromatic rings. The molecular formula is C21H35FN4O2. The first-order chi connectivity index (χ1) is 13.6. The highest BCUT2D eigenvalue weighted by Gasteiger charge is 2.19. The molecule has 2 N–H and O–H groups in total. The average molecular weight is 395 g/mol. The van der Waals surface area contributed by atoms with Crippen molar-refractivity contribution in [3.05, 3.63) is 30.1 Å². The molecular weight excluding hydrogens is 359 g/mol. The Balaban J connectivity index is 1.73. The molecule has 1 fully saturated rings. The average Bonchev–Trinajstić information content (AvgIpc) is 2.71. The molecule has 1 atom stereocenters. The van der Waals surface area contributed by atoms with Crippen molar-refractivity contribution in [3.8, 4) is 5.75 Å². The number of ether oxygens (including phenoxy) is 2. The summed E-state index contributed by atoms with van der Waals surface area (Å²) in [6, 6.07) is 6.07. The maximum atomic E-state index is 13.0. The largest absolute Gasteiger partial charge is 0.489 e. The number of nitrogens with one attached hydrogen (secondary N) is 2. The quantitative estimate of drug-likeness (QED) is 0.472. The van der Waals surface area contributed by atoms with Crippen molar-refractivity contribution >= 4 is 5.96 Å². The zero-order valence-electron chi connectivity index (χ0n) is 17.4. The molecule has 1 saturated heterocycles. The summed E-state index contributed by atoms with van der Waals surface area (Å²) < 4.78 is 23.9. The number of nitrogens with zero attached hydrogens (tertiary/aromatic N) is 2. The van der Waals surface area contributed by atoms with Crippen LogP contribution in [0.25, 0.3) is 0 Å². The van der Waals surface area contributed by atoms with Gasteiger partial charge >= 0.3 is 0 Å². The molecule has 1 heterocycles. The van der Waals surface area contributed by atoms with Gasteiger partial charge in [0.05, 0.1) is 13.2 Å². The topological polar surface area (TPSA) is 58.1 Å². The van der Waals surface area contributed by atoms with Gasteiger partial charge in [0, 0.05) is 26.7 Å². The number of piperidine rings is 1. The Morgan fingerprint density at radius 1 is 1.25 bits per heavy atom. The first kappa shape index (κ1) is 22.4. The fraction of sp³-hybridized carbons (Fsp3) is 0.667. The SMILES string of the molecule is CCNC(=NCC(C)Oc1ccc(F)cc1)NCC1CCN(CCOC)CC1. The van der Waals surface area contributed by atoms with E-state index in [4.69, 9.17) is 9.47 Å². The van der Waals surface area contributed by atoms with Crippen LogP contribution >= 0.6 is 0 Å². The van der Waals surface area contributed by atoms with E-state index in [9.17, 15) is 4.39 Å². The Hall–Kier alpha value is -1.86. The smallest absolute Gasteiger partial charge is 0.191 e. The van der Waals surface area contributed by atoms with Crippen LogP contribution in [0, 0.1) is 11.7 Å². The third-order valence-electron chi connectivity index (χ3n) is 4.88. The summed E-state index contributed by atoms with van der Waals surface area (Å²) in [5, 5.41) is 6.76. The van der Waals surface area contributed by atoms with Crippen molar-refractivity contribution in [3.63, 3.8) is 0 Å². The van der Waals surface area contributed by atoms with Crippen molar-refractivity contribution < 1.29 is 13.9 Å². The number of aliphatic imine (C=N–C) groups is 1. The Morgan fingerprint density at radius 2 is 1.96 bits per heavy atom. The van der Waals surface area contributed by atoms with Crippen LogP contribution in [0.15, 0.2) is 29.3 Å². The van der Waals surface area contributed by atoms with Crippen LogP contribution in [0.4, 0.5) is 4.39 Å². The van der Waals surface area contributed by atoms with Gasteiger partial charge in [0.2, 0.25) is 0 Å². The molecule has 1 unspecified atom stereocenters. The molecule has 0 bridgehead atoms. The van der Waals surface area contributed by atoms with Gasteiger partial charge in [-0.3, -0.25) is 0 Å². The van der Waals surface area contributed by atoms with Crippen molar-refractivity contribution in [2.75, 3.05) is 53.0 Å². The van der Waals surface area contributed by atoms with Crippen LogP contribution in [0.3, 0.4) is 0 Å². The maximum absolute atomic E-state index is 13.0. The number of benzene rings is 1. The number of rotatable bonds is 10. The fourth-order valence-electron chi connectivity index (χ4n) is 3.22. The van der Waals surface area contributed by atoms with E-state index in [1.165, 1.54) is 25.0 Å². The highest BCUT2D eigenvalue weighted by atomic mass is 19.1. The second-order valence-corrected chi connectivity index (χ2v) is 7.26. The van der Waals surface area contributed by atoms with E-state index >= 15 is 0 Å². The van der Waals surface area contributed by atoms with Gasteiger partial charge in [-0.1, -0.05) is 0 Å². The lowest BCUT2D eigenvalue weighted by Gasteiger charge is -2.32. The molecule has 28 heavy (non-hydrogen) atoms. The standard InChI is InChI=1S/C21H35FN4O2/c1-4-23-21(24-15-17(2)28-20-7-5-19(22)6-8-20)25-16-18-9-11-26(12-10-18)13-14-27-3/h5-8,17-18H,4,9-16H2,1-3H3,(H2,23,24,25). The molecule has 1 aliphatic rings. The zero-order chi connectivity index (χ0) is 20.2. The highest BCUT2D eigenvalue weighted by molar-refractivity contribution is 5.79. The van der Waals surface area contributed by atoms with Crippen molar-refractivity contribution in [1.82, 2.24) is 15.5 Å². The van der Waals surface area contributed by atoms with Crippen molar-refractivity contribution in [1.29, 1.82) is 0 Å². The molecule has 7 heteroatoms. The van der Waals surface area contributed by atoms with E-state index in [1.807, 2.05) is 6.92 Å². The molecule has 0 radical (unpaired) electrons. The summed E-state index contributed by atoms with van der Waals surface area (Å²) in [5.41, 5.74) is 0. The van der Waals surface area contributed by atoms with Gasteiger partial charge < -0.3 is 25.0 Å². The van der Waals surface area contributed by atoms with Gasteiger partial charge in [-0.25, -0.2) is 9.38 Å². The third kappa shape index (κ3) is 8.44. The summed E-state index contributed by atoms with van der Waals surface area (Å²) in [7, 11) is 1.75. The lowest BCUT2D eigenvalue weighted by molar-refractivity contribution is 0.121. The van der Waals surface area contributed by atoms with Gasteiger partial charge in [-0.05, 0) is 70.0 Å². The molecule has 1 aromatic carbocycles. The van der Waals surface area contributed by atoms with E-state index in [1.54, 1.807) is 19.2 Å². The third-order valence-corrected chi connectivity index (χ3v) is 4.88. The van der Waals surface area contributed by atoms with Gasteiger partial charge in [0.1, 0.15) is 17.7 Å². The second-order valence-electron chi connectivity index (χ2n) is 7.26. The maximum Gasteiger partial charge on any atom is 0.191 e. The van der Waals surface area contributed by atoms with Crippen LogP contribution in [0.5, 0.6) is 5.75 Å². The Bertz CT molecular complexity index is 574.